The number of hydrogen-bond donors (Lipinski definition) is 1. The topological polar surface area (TPSA) is 50.7 Å². The van der Waals surface area contributed by atoms with Gasteiger partial charge in [-0.2, -0.15) is 0 Å². The summed E-state index contributed by atoms with van der Waals surface area (Å²) in [6.07, 6.45) is 2.50. The van der Waals surface area contributed by atoms with E-state index in [0.717, 1.165) is 6.42 Å². The predicted octanol–water partition coefficient (Wildman–Crippen LogP) is -0.224. The van der Waals surface area contributed by atoms with Crippen molar-refractivity contribution in [3.63, 3.8) is 0 Å². The van der Waals surface area contributed by atoms with E-state index in [1.165, 1.54) is 0 Å². The van der Waals surface area contributed by atoms with Gasteiger partial charge in [0.1, 0.15) is 12.5 Å². The van der Waals surface area contributed by atoms with Gasteiger partial charge in [-0.25, -0.2) is 4.99 Å². The Morgan fingerprint density at radius 3 is 2.86 bits per heavy atom. The summed E-state index contributed by atoms with van der Waals surface area (Å²) in [4.78, 5) is 7.66. The SMILES string of the molecule is NC1=NCN=CC1. The van der Waals surface area contributed by atoms with E-state index in [1.54, 1.807) is 6.21 Å². The number of nitrogens with zero attached hydrogens (tertiary/aromatic N) is 2. The molecule has 1 heterocycles. The molecule has 0 amide bonds. The van der Waals surface area contributed by atoms with E-state index in [0.29, 0.717) is 12.5 Å². The maximum atomic E-state index is 5.29. The van der Waals surface area contributed by atoms with Crippen LogP contribution in [-0.4, -0.2) is 18.7 Å². The Morgan fingerprint density at radius 2 is 2.57 bits per heavy atom. The molecular formula is C4H7N3. The van der Waals surface area contributed by atoms with Gasteiger partial charge in [0.05, 0.1) is 0 Å². The normalized spacial score (nSPS) is 19.1. The van der Waals surface area contributed by atoms with Gasteiger partial charge < -0.3 is 5.73 Å². The summed E-state index contributed by atoms with van der Waals surface area (Å²) in [6.45, 7) is 0.520. The van der Waals surface area contributed by atoms with Crippen molar-refractivity contribution in [3.05, 3.63) is 0 Å². The Hall–Kier alpha value is -0.860. The van der Waals surface area contributed by atoms with Crippen molar-refractivity contribution in [3.8, 4) is 0 Å². The van der Waals surface area contributed by atoms with Gasteiger partial charge in [-0.3, -0.25) is 4.99 Å². The average Bonchev–Trinajstić information content (AvgIpc) is 1.69. The highest BCUT2D eigenvalue weighted by atomic mass is 15.0. The molecule has 0 aromatic heterocycles. The van der Waals surface area contributed by atoms with Gasteiger partial charge in [0.15, 0.2) is 0 Å². The highest BCUT2D eigenvalue weighted by Crippen LogP contribution is 1.84. The van der Waals surface area contributed by atoms with Crippen molar-refractivity contribution in [2.75, 3.05) is 6.67 Å². The second-order valence-electron chi connectivity index (χ2n) is 1.36. The summed E-state index contributed by atoms with van der Waals surface area (Å²) < 4.78 is 0. The van der Waals surface area contributed by atoms with Crippen molar-refractivity contribution in [1.82, 2.24) is 0 Å². The third-order valence-corrected chi connectivity index (χ3v) is 0.785. The smallest absolute Gasteiger partial charge is 0.130 e. The van der Waals surface area contributed by atoms with Crippen LogP contribution in [0.4, 0.5) is 0 Å². The summed E-state index contributed by atoms with van der Waals surface area (Å²) in [5, 5.41) is 0. The lowest BCUT2D eigenvalue weighted by atomic mass is 10.4. The van der Waals surface area contributed by atoms with Gasteiger partial charge in [0, 0.05) is 12.6 Å². The number of nitrogens with two attached hydrogens (primary N) is 1. The third-order valence-electron chi connectivity index (χ3n) is 0.785. The molecule has 1 rings (SSSR count). The monoisotopic (exact) mass is 97.1 g/mol. The molecule has 1 aliphatic heterocycles. The lowest BCUT2D eigenvalue weighted by molar-refractivity contribution is 1.03. The molecule has 3 heteroatoms. The first-order valence-corrected chi connectivity index (χ1v) is 2.16. The van der Waals surface area contributed by atoms with Gasteiger partial charge >= 0.3 is 0 Å². The van der Waals surface area contributed by atoms with Crippen LogP contribution in [0.1, 0.15) is 6.42 Å². The minimum absolute atomic E-state index is 0.520. The Morgan fingerprint density at radius 1 is 1.71 bits per heavy atom. The molecule has 7 heavy (non-hydrogen) atoms. The number of amidine groups is 1. The van der Waals surface area contributed by atoms with Crippen LogP contribution in [0, 0.1) is 0 Å². The third kappa shape index (κ3) is 0.994. The Kier molecular flexibility index (Phi) is 1.06. The molecule has 0 spiro atoms. The average molecular weight is 97.1 g/mol. The highest BCUT2D eigenvalue weighted by Gasteiger charge is 1.90. The van der Waals surface area contributed by atoms with E-state index >= 15 is 0 Å². The number of aliphatic imine (C=N–C) groups is 2. The summed E-state index contributed by atoms with van der Waals surface area (Å²) in [7, 11) is 0. The van der Waals surface area contributed by atoms with E-state index in [4.69, 9.17) is 5.73 Å². The molecule has 0 bridgehead atoms. The van der Waals surface area contributed by atoms with Crippen LogP contribution < -0.4 is 5.73 Å². The minimum Gasteiger partial charge on any atom is -0.387 e. The predicted molar refractivity (Wildman–Crippen MR) is 29.6 cm³/mol. The molecule has 0 aromatic carbocycles. The largest absolute Gasteiger partial charge is 0.387 e. The maximum Gasteiger partial charge on any atom is 0.130 e. The molecule has 0 radical (unpaired) electrons. The molecule has 1 aliphatic rings. The standard InChI is InChI=1S/C4H7N3/c5-4-1-2-6-3-7-4/h2H,1,3H2,(H2,5,7). The van der Waals surface area contributed by atoms with Crippen molar-refractivity contribution in [2.24, 2.45) is 15.7 Å². The molecule has 0 unspecified atom stereocenters. The van der Waals surface area contributed by atoms with Gasteiger partial charge in [-0.15, -0.1) is 0 Å². The Balaban J connectivity index is 2.50. The first-order valence-electron chi connectivity index (χ1n) is 2.16. The molecule has 0 saturated carbocycles. The zero-order valence-corrected chi connectivity index (χ0v) is 3.96. The molecule has 0 fully saturated rings. The molecule has 0 saturated heterocycles. The molecule has 3 nitrogen and oxygen atoms in total. The van der Waals surface area contributed by atoms with Crippen LogP contribution in [0.5, 0.6) is 0 Å². The summed E-state index contributed by atoms with van der Waals surface area (Å²) in [5.74, 6) is 0.690. The van der Waals surface area contributed by atoms with Crippen molar-refractivity contribution < 1.29 is 0 Å². The van der Waals surface area contributed by atoms with E-state index in [-0.39, 0.29) is 0 Å². The van der Waals surface area contributed by atoms with E-state index in [9.17, 15) is 0 Å². The summed E-state index contributed by atoms with van der Waals surface area (Å²) in [6, 6.07) is 0. The fourth-order valence-electron chi connectivity index (χ4n) is 0.412. The second-order valence-corrected chi connectivity index (χ2v) is 1.36. The molecule has 0 aliphatic carbocycles. The van der Waals surface area contributed by atoms with E-state index < -0.39 is 0 Å². The van der Waals surface area contributed by atoms with E-state index in [2.05, 4.69) is 9.98 Å². The van der Waals surface area contributed by atoms with Crippen LogP contribution in [-0.2, 0) is 0 Å². The number of rotatable bonds is 0. The van der Waals surface area contributed by atoms with Crippen molar-refractivity contribution in [2.45, 2.75) is 6.42 Å². The van der Waals surface area contributed by atoms with Gasteiger partial charge in [0.2, 0.25) is 0 Å². The van der Waals surface area contributed by atoms with Crippen LogP contribution in [0.2, 0.25) is 0 Å². The van der Waals surface area contributed by atoms with Crippen LogP contribution in [0.3, 0.4) is 0 Å². The number of hydrogen-bond acceptors (Lipinski definition) is 3. The summed E-state index contributed by atoms with van der Waals surface area (Å²) >= 11 is 0. The van der Waals surface area contributed by atoms with Crippen LogP contribution in [0.15, 0.2) is 9.98 Å². The zero-order valence-electron chi connectivity index (χ0n) is 3.96. The zero-order chi connectivity index (χ0) is 5.11. The maximum absolute atomic E-state index is 5.29. The lowest BCUT2D eigenvalue weighted by Crippen LogP contribution is -2.14. The molecule has 0 atom stereocenters. The van der Waals surface area contributed by atoms with Gasteiger partial charge in [0.25, 0.3) is 0 Å². The van der Waals surface area contributed by atoms with Crippen LogP contribution >= 0.6 is 0 Å². The molecular weight excluding hydrogens is 90.1 g/mol. The first kappa shape index (κ1) is 4.30. The van der Waals surface area contributed by atoms with Crippen LogP contribution in [0.25, 0.3) is 0 Å². The fourth-order valence-corrected chi connectivity index (χ4v) is 0.412. The highest BCUT2D eigenvalue weighted by molar-refractivity contribution is 5.93. The molecule has 2 N–H and O–H groups in total. The Labute approximate surface area is 42.0 Å². The minimum atomic E-state index is 0.520. The van der Waals surface area contributed by atoms with E-state index in [1.807, 2.05) is 0 Å². The van der Waals surface area contributed by atoms with Gasteiger partial charge in [-0.1, -0.05) is 0 Å². The molecule has 0 aromatic rings. The Bertz CT molecular complexity index is 114. The van der Waals surface area contributed by atoms with Gasteiger partial charge in [-0.05, 0) is 0 Å². The lowest BCUT2D eigenvalue weighted by Gasteiger charge is -1.97. The fraction of sp³-hybridized carbons (Fsp3) is 0.500. The molecule has 38 valence electrons. The second kappa shape index (κ2) is 1.73. The first-order chi connectivity index (χ1) is 3.39. The quantitative estimate of drug-likeness (QED) is 0.446. The van der Waals surface area contributed by atoms with Crippen molar-refractivity contribution in [1.29, 1.82) is 0 Å². The van der Waals surface area contributed by atoms with Crippen molar-refractivity contribution >= 4 is 12.1 Å². The summed E-state index contributed by atoms with van der Waals surface area (Å²) in [5.41, 5.74) is 5.29.